The second kappa shape index (κ2) is 4.56. The standard InChI is InChI=1S/C11H9IO10/c12-20-11(17,18)10(16)9(14,15)8(21-22-10)6-4-2-1-3-5(6)7(13)19-8/h1-4,14-18H. The Morgan fingerprint density at radius 1 is 1.14 bits per heavy atom. The largest absolute Gasteiger partial charge is 0.416 e. The lowest BCUT2D eigenvalue weighted by atomic mass is 9.89. The summed E-state index contributed by atoms with van der Waals surface area (Å²) in [5, 5.41) is 49.8. The first-order valence-electron chi connectivity index (χ1n) is 5.74. The summed E-state index contributed by atoms with van der Waals surface area (Å²) in [4.78, 5) is 20.7. The SMILES string of the molecule is O=C1OC2(OOC(O)(C(O)(O)OI)C2(O)O)c2ccccc21. The van der Waals surface area contributed by atoms with Crippen molar-refractivity contribution in [1.29, 1.82) is 0 Å². The number of aliphatic hydroxyl groups is 5. The molecule has 2 unspecified atom stereocenters. The minimum atomic E-state index is -3.63. The summed E-state index contributed by atoms with van der Waals surface area (Å²) in [6.07, 6.45) is 0. The molecule has 0 aromatic heterocycles. The molecule has 11 heteroatoms. The van der Waals surface area contributed by atoms with Crippen LogP contribution in [0.4, 0.5) is 0 Å². The van der Waals surface area contributed by atoms with Crippen molar-refractivity contribution in [3.8, 4) is 0 Å². The van der Waals surface area contributed by atoms with Gasteiger partial charge in [0.15, 0.2) is 0 Å². The number of rotatable bonds is 2. The first-order valence-corrected chi connectivity index (χ1v) is 6.62. The van der Waals surface area contributed by atoms with Crippen LogP contribution in [0.1, 0.15) is 15.9 Å². The maximum Gasteiger partial charge on any atom is 0.353 e. The van der Waals surface area contributed by atoms with Gasteiger partial charge in [-0.15, -0.1) is 0 Å². The summed E-state index contributed by atoms with van der Waals surface area (Å²) < 4.78 is 8.95. The molecule has 1 aromatic rings. The summed E-state index contributed by atoms with van der Waals surface area (Å²) in [6, 6.07) is 5.47. The van der Waals surface area contributed by atoms with Crippen LogP contribution in [0.3, 0.4) is 0 Å². The smallest absolute Gasteiger partial charge is 0.353 e. The van der Waals surface area contributed by atoms with Gasteiger partial charge in [0.1, 0.15) is 23.0 Å². The van der Waals surface area contributed by atoms with Crippen LogP contribution in [-0.4, -0.2) is 49.0 Å². The average molecular weight is 428 g/mol. The van der Waals surface area contributed by atoms with Crippen molar-refractivity contribution >= 4 is 29.0 Å². The van der Waals surface area contributed by atoms with Crippen molar-refractivity contribution in [2.75, 3.05) is 0 Å². The van der Waals surface area contributed by atoms with Gasteiger partial charge in [0.05, 0.1) is 5.56 Å². The lowest BCUT2D eigenvalue weighted by Crippen LogP contribution is -2.71. The van der Waals surface area contributed by atoms with Crippen molar-refractivity contribution in [2.45, 2.75) is 23.3 Å². The van der Waals surface area contributed by atoms with E-state index in [4.69, 9.17) is 4.74 Å². The molecule has 10 nitrogen and oxygen atoms in total. The molecule has 3 rings (SSSR count). The number of benzene rings is 1. The molecule has 0 saturated carbocycles. The topological polar surface area (TPSA) is 155 Å². The molecular formula is C11H9IO10. The number of esters is 1. The van der Waals surface area contributed by atoms with Gasteiger partial charge in [-0.05, 0) is 6.07 Å². The van der Waals surface area contributed by atoms with Gasteiger partial charge in [-0.1, -0.05) is 18.2 Å². The monoisotopic (exact) mass is 428 g/mol. The van der Waals surface area contributed by atoms with Gasteiger partial charge in [0.25, 0.3) is 0 Å². The third kappa shape index (κ3) is 1.62. The van der Waals surface area contributed by atoms with Crippen molar-refractivity contribution in [2.24, 2.45) is 0 Å². The molecule has 1 spiro atoms. The highest BCUT2D eigenvalue weighted by molar-refractivity contribution is 14.1. The highest BCUT2D eigenvalue weighted by Gasteiger charge is 2.84. The molecule has 0 bridgehead atoms. The third-order valence-electron chi connectivity index (χ3n) is 3.50. The summed E-state index contributed by atoms with van der Waals surface area (Å²) in [6.45, 7) is 0. The molecule has 1 saturated heterocycles. The molecule has 2 aliphatic heterocycles. The zero-order chi connectivity index (χ0) is 16.4. The summed E-state index contributed by atoms with van der Waals surface area (Å²) in [5.74, 6) is -14.6. The summed E-state index contributed by atoms with van der Waals surface area (Å²) in [7, 11) is 0. The highest BCUT2D eigenvalue weighted by atomic mass is 127. The number of fused-ring (bicyclic) bond motifs is 2. The molecule has 2 heterocycles. The number of carbonyl (C=O) groups excluding carboxylic acids is 1. The Balaban J connectivity index is 2.19. The Kier molecular flexibility index (Phi) is 3.31. The number of ether oxygens (including phenoxy) is 1. The van der Waals surface area contributed by atoms with E-state index < -0.39 is 29.3 Å². The van der Waals surface area contributed by atoms with Gasteiger partial charge >= 0.3 is 29.3 Å². The number of carbonyl (C=O) groups is 1. The van der Waals surface area contributed by atoms with E-state index in [2.05, 4.69) is 12.8 Å². The van der Waals surface area contributed by atoms with E-state index >= 15 is 0 Å². The van der Waals surface area contributed by atoms with Crippen LogP contribution in [0.5, 0.6) is 0 Å². The average Bonchev–Trinajstić information content (AvgIpc) is 2.89. The van der Waals surface area contributed by atoms with Gasteiger partial charge in [-0.3, -0.25) is 3.07 Å². The molecule has 0 radical (unpaired) electrons. The minimum absolute atomic E-state index is 0.0836. The van der Waals surface area contributed by atoms with Crippen LogP contribution in [-0.2, 0) is 23.4 Å². The summed E-state index contributed by atoms with van der Waals surface area (Å²) >= 11 is 0.977. The van der Waals surface area contributed by atoms with E-state index in [0.29, 0.717) is 0 Å². The van der Waals surface area contributed by atoms with Crippen molar-refractivity contribution in [3.63, 3.8) is 0 Å². The number of halogens is 1. The molecule has 0 aliphatic carbocycles. The number of hydrogen-bond donors (Lipinski definition) is 5. The molecule has 120 valence electrons. The summed E-state index contributed by atoms with van der Waals surface area (Å²) in [5.41, 5.74) is -0.273. The molecule has 0 amide bonds. The Labute approximate surface area is 136 Å². The van der Waals surface area contributed by atoms with Gasteiger partial charge in [0.2, 0.25) is 0 Å². The molecule has 2 aliphatic rings. The Hall–Kier alpha value is -0.900. The van der Waals surface area contributed by atoms with Crippen molar-refractivity contribution in [1.82, 2.24) is 0 Å². The van der Waals surface area contributed by atoms with Crippen LogP contribution in [0, 0.1) is 0 Å². The van der Waals surface area contributed by atoms with E-state index in [1.807, 2.05) is 0 Å². The Bertz CT molecular complexity index is 646. The fourth-order valence-electron chi connectivity index (χ4n) is 2.30. The first kappa shape index (κ1) is 16.0. The zero-order valence-electron chi connectivity index (χ0n) is 10.5. The third-order valence-corrected chi connectivity index (χ3v) is 4.11. The van der Waals surface area contributed by atoms with Crippen LogP contribution >= 0.6 is 23.0 Å². The molecular weight excluding hydrogens is 419 g/mol. The van der Waals surface area contributed by atoms with Crippen LogP contribution < -0.4 is 0 Å². The Morgan fingerprint density at radius 3 is 2.41 bits per heavy atom. The molecule has 2 atom stereocenters. The molecule has 1 aromatic carbocycles. The van der Waals surface area contributed by atoms with Gasteiger partial charge < -0.3 is 30.3 Å². The fraction of sp³-hybridized carbons (Fsp3) is 0.364. The van der Waals surface area contributed by atoms with Gasteiger partial charge in [0, 0.05) is 5.56 Å². The maximum atomic E-state index is 11.8. The fourth-order valence-corrected chi connectivity index (χ4v) is 2.60. The van der Waals surface area contributed by atoms with E-state index in [0.717, 1.165) is 23.0 Å². The lowest BCUT2D eigenvalue weighted by Gasteiger charge is -2.39. The van der Waals surface area contributed by atoms with Crippen LogP contribution in [0.2, 0.25) is 0 Å². The quantitative estimate of drug-likeness (QED) is 0.160. The molecule has 5 N–H and O–H groups in total. The Morgan fingerprint density at radius 2 is 1.77 bits per heavy atom. The molecule has 22 heavy (non-hydrogen) atoms. The van der Waals surface area contributed by atoms with Crippen molar-refractivity contribution in [3.05, 3.63) is 35.4 Å². The highest BCUT2D eigenvalue weighted by Crippen LogP contribution is 2.56. The van der Waals surface area contributed by atoms with Crippen LogP contribution in [0.25, 0.3) is 0 Å². The lowest BCUT2D eigenvalue weighted by molar-refractivity contribution is -0.516. The van der Waals surface area contributed by atoms with Crippen LogP contribution in [0.15, 0.2) is 24.3 Å². The second-order valence-electron chi connectivity index (χ2n) is 4.72. The van der Waals surface area contributed by atoms with E-state index in [9.17, 15) is 30.3 Å². The van der Waals surface area contributed by atoms with E-state index in [1.165, 1.54) is 24.3 Å². The van der Waals surface area contributed by atoms with E-state index in [1.54, 1.807) is 0 Å². The van der Waals surface area contributed by atoms with Crippen molar-refractivity contribution < 1.29 is 47.9 Å². The predicted molar refractivity (Wildman–Crippen MR) is 70.1 cm³/mol. The molecule has 1 fully saturated rings. The predicted octanol–water partition coefficient (Wildman–Crippen LogP) is -1.65. The minimum Gasteiger partial charge on any atom is -0.416 e. The first-order chi connectivity index (χ1) is 10.1. The maximum absolute atomic E-state index is 11.8. The van der Waals surface area contributed by atoms with Gasteiger partial charge in [-0.2, -0.15) is 9.78 Å². The van der Waals surface area contributed by atoms with Gasteiger partial charge in [-0.25, -0.2) is 4.79 Å². The van der Waals surface area contributed by atoms with E-state index in [-0.39, 0.29) is 11.1 Å². The second-order valence-corrected chi connectivity index (χ2v) is 5.16. The zero-order valence-corrected chi connectivity index (χ0v) is 12.6. The number of hydrogen-bond acceptors (Lipinski definition) is 10. The normalized spacial score (nSPS) is 33.1.